The first-order valence-electron chi connectivity index (χ1n) is 9.24. The van der Waals surface area contributed by atoms with Gasteiger partial charge in [-0.3, -0.25) is 9.78 Å². The lowest BCUT2D eigenvalue weighted by atomic mass is 10.1. The van der Waals surface area contributed by atoms with E-state index in [1.54, 1.807) is 32.9 Å². The van der Waals surface area contributed by atoms with Gasteiger partial charge in [0.25, 0.3) is 5.91 Å². The molecule has 0 aliphatic rings. The molecule has 0 atom stereocenters. The molecule has 1 amide bonds. The third kappa shape index (κ3) is 4.28. The quantitative estimate of drug-likeness (QED) is 0.661. The van der Waals surface area contributed by atoms with E-state index in [2.05, 4.69) is 10.3 Å². The molecule has 0 fully saturated rings. The lowest BCUT2D eigenvalue weighted by Crippen LogP contribution is -2.30. The Morgan fingerprint density at radius 1 is 1.07 bits per heavy atom. The van der Waals surface area contributed by atoms with Crippen molar-refractivity contribution in [2.75, 3.05) is 18.4 Å². The number of fused-ring (bicyclic) bond motifs is 1. The number of hydrogen-bond donors (Lipinski definition) is 1. The van der Waals surface area contributed by atoms with Gasteiger partial charge < -0.3 is 5.32 Å². The Balaban J connectivity index is 1.89. The highest BCUT2D eigenvalue weighted by molar-refractivity contribution is 7.89. The number of anilines is 1. The maximum atomic E-state index is 13.7. The second-order valence-corrected chi connectivity index (χ2v) is 8.48. The van der Waals surface area contributed by atoms with E-state index >= 15 is 0 Å². The number of aryl methyl sites for hydroxylation is 1. The fourth-order valence-corrected chi connectivity index (χ4v) is 4.58. The average molecular weight is 415 g/mol. The van der Waals surface area contributed by atoms with Gasteiger partial charge in [-0.15, -0.1) is 0 Å². The van der Waals surface area contributed by atoms with Gasteiger partial charge in [0.05, 0.1) is 16.1 Å². The molecule has 1 heterocycles. The number of halogens is 1. The Hall–Kier alpha value is -2.84. The molecule has 3 aromatic rings. The van der Waals surface area contributed by atoms with Gasteiger partial charge in [0.1, 0.15) is 5.82 Å². The van der Waals surface area contributed by atoms with Crippen molar-refractivity contribution in [2.24, 2.45) is 0 Å². The summed E-state index contributed by atoms with van der Waals surface area (Å²) in [6.07, 6.45) is 0. The number of sulfonamides is 1. The number of amides is 1. The average Bonchev–Trinajstić information content (AvgIpc) is 2.69. The van der Waals surface area contributed by atoms with Crippen molar-refractivity contribution in [1.29, 1.82) is 0 Å². The molecule has 1 N–H and O–H groups in total. The van der Waals surface area contributed by atoms with Crippen LogP contribution in [-0.2, 0) is 10.0 Å². The first kappa shape index (κ1) is 20.9. The predicted octanol–water partition coefficient (Wildman–Crippen LogP) is 3.97. The van der Waals surface area contributed by atoms with Crippen LogP contribution >= 0.6 is 0 Å². The summed E-state index contributed by atoms with van der Waals surface area (Å²) in [5.74, 6) is -0.849. The van der Waals surface area contributed by atoms with E-state index < -0.39 is 21.7 Å². The van der Waals surface area contributed by atoms with E-state index in [9.17, 15) is 17.6 Å². The number of benzene rings is 2. The fourth-order valence-electron chi connectivity index (χ4n) is 3.12. The molecule has 0 unspecified atom stereocenters. The minimum absolute atomic E-state index is 0.130. The van der Waals surface area contributed by atoms with Gasteiger partial charge in [0, 0.05) is 29.7 Å². The van der Waals surface area contributed by atoms with E-state index in [0.717, 1.165) is 0 Å². The summed E-state index contributed by atoms with van der Waals surface area (Å²) in [4.78, 5) is 17.1. The highest BCUT2D eigenvalue weighted by Gasteiger charge is 2.21. The van der Waals surface area contributed by atoms with Crippen LogP contribution in [0.2, 0.25) is 0 Å². The van der Waals surface area contributed by atoms with Crippen molar-refractivity contribution in [1.82, 2.24) is 9.29 Å². The summed E-state index contributed by atoms with van der Waals surface area (Å²) in [6, 6.07) is 11.6. The van der Waals surface area contributed by atoms with Crippen molar-refractivity contribution in [3.63, 3.8) is 0 Å². The highest BCUT2D eigenvalue weighted by atomic mass is 32.2. The van der Waals surface area contributed by atoms with Crippen molar-refractivity contribution >= 4 is 32.5 Å². The lowest BCUT2D eigenvalue weighted by molar-refractivity contribution is 0.102. The largest absolute Gasteiger partial charge is 0.321 e. The number of rotatable bonds is 6. The maximum Gasteiger partial charge on any atom is 0.255 e. The van der Waals surface area contributed by atoms with Gasteiger partial charge in [-0.05, 0) is 55.5 Å². The highest BCUT2D eigenvalue weighted by Crippen LogP contribution is 2.25. The Morgan fingerprint density at radius 3 is 2.34 bits per heavy atom. The fraction of sp³-hybridized carbons (Fsp3) is 0.238. The van der Waals surface area contributed by atoms with Crippen LogP contribution in [-0.4, -0.2) is 36.7 Å². The van der Waals surface area contributed by atoms with Crippen molar-refractivity contribution in [3.05, 3.63) is 65.6 Å². The van der Waals surface area contributed by atoms with Gasteiger partial charge >= 0.3 is 0 Å². The molecule has 8 heteroatoms. The molecule has 6 nitrogen and oxygen atoms in total. The third-order valence-corrected chi connectivity index (χ3v) is 6.67. The van der Waals surface area contributed by atoms with Crippen LogP contribution in [0.15, 0.2) is 53.4 Å². The zero-order valence-electron chi connectivity index (χ0n) is 16.4. The Morgan fingerprint density at radius 2 is 1.72 bits per heavy atom. The Labute approximate surface area is 169 Å². The zero-order valence-corrected chi connectivity index (χ0v) is 17.3. The van der Waals surface area contributed by atoms with Gasteiger partial charge in [0.2, 0.25) is 10.0 Å². The summed E-state index contributed by atoms with van der Waals surface area (Å²) in [5.41, 5.74) is 1.99. The number of hydrogen-bond acceptors (Lipinski definition) is 4. The van der Waals surface area contributed by atoms with E-state index in [0.29, 0.717) is 40.9 Å². The predicted molar refractivity (Wildman–Crippen MR) is 111 cm³/mol. The number of aromatic nitrogens is 1. The molecule has 29 heavy (non-hydrogen) atoms. The van der Waals surface area contributed by atoms with Gasteiger partial charge in [0.15, 0.2) is 0 Å². The molecule has 152 valence electrons. The van der Waals surface area contributed by atoms with Crippen LogP contribution in [0.5, 0.6) is 0 Å². The van der Waals surface area contributed by atoms with Crippen LogP contribution in [0.3, 0.4) is 0 Å². The topological polar surface area (TPSA) is 79.4 Å². The standard InChI is InChI=1S/C21H22FN3O3S/c1-4-25(5-2)29(27,28)17-9-6-15(7-10-17)21(26)24-20-12-14(3)23-19-11-8-16(22)13-18(19)20/h6-13H,4-5H2,1-3H3,(H,23,24,26). The molecular formula is C21H22FN3O3S. The van der Waals surface area contributed by atoms with Crippen LogP contribution < -0.4 is 5.32 Å². The maximum absolute atomic E-state index is 13.7. The minimum atomic E-state index is -3.59. The normalized spacial score (nSPS) is 11.8. The molecule has 2 aromatic carbocycles. The van der Waals surface area contributed by atoms with Crippen molar-refractivity contribution < 1.29 is 17.6 Å². The molecular weight excluding hydrogens is 393 g/mol. The molecule has 0 saturated carbocycles. The monoisotopic (exact) mass is 415 g/mol. The zero-order chi connectivity index (χ0) is 21.2. The minimum Gasteiger partial charge on any atom is -0.321 e. The smallest absolute Gasteiger partial charge is 0.255 e. The molecule has 0 aliphatic carbocycles. The molecule has 0 spiro atoms. The summed E-state index contributed by atoms with van der Waals surface area (Å²) >= 11 is 0. The second-order valence-electron chi connectivity index (χ2n) is 6.54. The SMILES string of the molecule is CCN(CC)S(=O)(=O)c1ccc(C(=O)Nc2cc(C)nc3ccc(F)cc23)cc1. The number of carbonyl (C=O) groups excluding carboxylic acids is 1. The van der Waals surface area contributed by atoms with E-state index in [4.69, 9.17) is 0 Å². The van der Waals surface area contributed by atoms with Crippen LogP contribution in [0.4, 0.5) is 10.1 Å². The first-order chi connectivity index (χ1) is 13.8. The molecule has 1 aromatic heterocycles. The Kier molecular flexibility index (Phi) is 5.95. The molecule has 0 aliphatic heterocycles. The lowest BCUT2D eigenvalue weighted by Gasteiger charge is -2.18. The number of pyridine rings is 1. The van der Waals surface area contributed by atoms with E-state index in [1.807, 2.05) is 0 Å². The third-order valence-electron chi connectivity index (χ3n) is 4.61. The number of carbonyl (C=O) groups is 1. The second kappa shape index (κ2) is 8.26. The van der Waals surface area contributed by atoms with E-state index in [1.165, 1.54) is 40.7 Å². The van der Waals surface area contributed by atoms with Crippen molar-refractivity contribution in [3.8, 4) is 0 Å². The van der Waals surface area contributed by atoms with Crippen LogP contribution in [0.1, 0.15) is 29.9 Å². The summed E-state index contributed by atoms with van der Waals surface area (Å²) in [5, 5.41) is 3.26. The van der Waals surface area contributed by atoms with Crippen molar-refractivity contribution in [2.45, 2.75) is 25.7 Å². The van der Waals surface area contributed by atoms with Gasteiger partial charge in [-0.1, -0.05) is 13.8 Å². The first-order valence-corrected chi connectivity index (χ1v) is 10.7. The summed E-state index contributed by atoms with van der Waals surface area (Å²) in [6.45, 7) is 6.06. The molecule has 3 rings (SSSR count). The van der Waals surface area contributed by atoms with Crippen LogP contribution in [0.25, 0.3) is 10.9 Å². The van der Waals surface area contributed by atoms with Gasteiger partial charge in [-0.2, -0.15) is 4.31 Å². The number of nitrogens with zero attached hydrogens (tertiary/aromatic N) is 2. The summed E-state index contributed by atoms with van der Waals surface area (Å²) in [7, 11) is -3.59. The molecule has 0 radical (unpaired) electrons. The van der Waals surface area contributed by atoms with E-state index in [-0.39, 0.29) is 4.90 Å². The molecule has 0 bridgehead atoms. The summed E-state index contributed by atoms with van der Waals surface area (Å²) < 4.78 is 40.1. The number of nitrogens with one attached hydrogen (secondary N) is 1. The van der Waals surface area contributed by atoms with Crippen LogP contribution in [0, 0.1) is 12.7 Å². The Bertz CT molecular complexity index is 1160. The van der Waals surface area contributed by atoms with Gasteiger partial charge in [-0.25, -0.2) is 12.8 Å². The molecule has 0 saturated heterocycles.